The summed E-state index contributed by atoms with van der Waals surface area (Å²) in [5.74, 6) is -3.49. The van der Waals surface area contributed by atoms with Crippen molar-refractivity contribution in [3.8, 4) is 0 Å². The fourth-order valence-corrected chi connectivity index (χ4v) is 1.81. The lowest BCUT2D eigenvalue weighted by molar-refractivity contribution is -0.158. The van der Waals surface area contributed by atoms with Crippen molar-refractivity contribution in [2.45, 2.75) is 5.92 Å². The van der Waals surface area contributed by atoms with Crippen LogP contribution in [-0.2, 0) is 9.59 Å². The number of nitrogens with one attached hydrogen (secondary N) is 1. The Kier molecular flexibility index (Phi) is 2.64. The Bertz CT molecular complexity index is 512. The molecular weight excluding hydrogens is 224 g/mol. The molecule has 0 radical (unpaired) electrons. The number of nitrogens with zero attached hydrogens (tertiary/aromatic N) is 1. The van der Waals surface area contributed by atoms with Crippen molar-refractivity contribution in [3.63, 3.8) is 0 Å². The fourth-order valence-electron chi connectivity index (χ4n) is 1.81. The summed E-state index contributed by atoms with van der Waals surface area (Å²) in [6.45, 7) is 0. The van der Waals surface area contributed by atoms with Gasteiger partial charge in [-0.05, 0) is 11.6 Å². The van der Waals surface area contributed by atoms with Gasteiger partial charge in [0.05, 0.1) is 0 Å². The molecule has 0 aromatic heterocycles. The number of benzene rings is 1. The average Bonchev–Trinajstić information content (AvgIpc) is 2.36. The zero-order valence-electron chi connectivity index (χ0n) is 9.01. The Morgan fingerprint density at radius 1 is 1.35 bits per heavy atom. The van der Waals surface area contributed by atoms with Gasteiger partial charge in [0.15, 0.2) is 0 Å². The molecule has 0 saturated heterocycles. The molecule has 0 saturated carbocycles. The second-order valence-corrected chi connectivity index (χ2v) is 3.59. The lowest BCUT2D eigenvalue weighted by atomic mass is 9.89. The molecule has 6 heteroatoms. The molecular formula is C11H10N2O4. The van der Waals surface area contributed by atoms with Crippen molar-refractivity contribution in [3.05, 3.63) is 35.4 Å². The number of fused-ring (bicyclic) bond motifs is 1. The van der Waals surface area contributed by atoms with Gasteiger partial charge in [-0.15, -0.1) is 0 Å². The second-order valence-electron chi connectivity index (χ2n) is 3.59. The third-order valence-electron chi connectivity index (χ3n) is 2.66. The van der Waals surface area contributed by atoms with E-state index >= 15 is 0 Å². The summed E-state index contributed by atoms with van der Waals surface area (Å²) in [6.07, 6.45) is 0. The Morgan fingerprint density at radius 2 is 2.00 bits per heavy atom. The largest absolute Gasteiger partial charge is 0.358 e. The molecule has 1 unspecified atom stereocenters. The first-order valence-corrected chi connectivity index (χ1v) is 4.95. The zero-order valence-corrected chi connectivity index (χ0v) is 9.01. The predicted molar refractivity (Wildman–Crippen MR) is 56.2 cm³/mol. The summed E-state index contributed by atoms with van der Waals surface area (Å²) in [5.41, 5.74) is 0.468. The Morgan fingerprint density at radius 3 is 2.65 bits per heavy atom. The van der Waals surface area contributed by atoms with E-state index in [2.05, 4.69) is 5.32 Å². The molecule has 88 valence electrons. The summed E-state index contributed by atoms with van der Waals surface area (Å²) in [7, 11) is 1.39. The molecule has 1 aliphatic heterocycles. The highest BCUT2D eigenvalue weighted by Crippen LogP contribution is 2.28. The summed E-state index contributed by atoms with van der Waals surface area (Å²) in [5, 5.41) is 11.7. The van der Waals surface area contributed by atoms with Gasteiger partial charge >= 0.3 is 0 Å². The first-order valence-electron chi connectivity index (χ1n) is 4.95. The SMILES string of the molecule is CNC(=O)C1C(=O)N(O)C(=O)c2ccccc21. The third-order valence-corrected chi connectivity index (χ3v) is 2.66. The lowest BCUT2D eigenvalue weighted by Crippen LogP contribution is -2.47. The predicted octanol–water partition coefficient (Wildman–Crippen LogP) is -0.112. The van der Waals surface area contributed by atoms with E-state index in [9.17, 15) is 19.6 Å². The monoisotopic (exact) mass is 234 g/mol. The van der Waals surface area contributed by atoms with E-state index in [1.807, 2.05) is 0 Å². The number of hydrogen-bond acceptors (Lipinski definition) is 4. The molecule has 0 aliphatic carbocycles. The molecule has 6 nitrogen and oxygen atoms in total. The van der Waals surface area contributed by atoms with Gasteiger partial charge in [0.2, 0.25) is 5.91 Å². The molecule has 0 bridgehead atoms. The molecule has 2 rings (SSSR count). The van der Waals surface area contributed by atoms with E-state index in [1.165, 1.54) is 19.2 Å². The standard InChI is InChI=1S/C11H10N2O4/c1-12-9(14)8-6-4-2-3-5-7(6)10(15)13(17)11(8)16/h2-5,8,17H,1H3,(H,12,14). The summed E-state index contributed by atoms with van der Waals surface area (Å²) in [6, 6.07) is 6.21. The van der Waals surface area contributed by atoms with Crippen molar-refractivity contribution in [2.75, 3.05) is 7.05 Å². The average molecular weight is 234 g/mol. The van der Waals surface area contributed by atoms with E-state index < -0.39 is 23.6 Å². The van der Waals surface area contributed by atoms with E-state index in [0.29, 0.717) is 5.56 Å². The maximum Gasteiger partial charge on any atom is 0.284 e. The highest BCUT2D eigenvalue weighted by molar-refractivity contribution is 6.18. The van der Waals surface area contributed by atoms with Crippen LogP contribution in [0.4, 0.5) is 0 Å². The Hall–Kier alpha value is -2.21. The van der Waals surface area contributed by atoms with Crippen LogP contribution < -0.4 is 5.32 Å². The second kappa shape index (κ2) is 3.99. The minimum Gasteiger partial charge on any atom is -0.358 e. The van der Waals surface area contributed by atoms with Gasteiger partial charge in [0.25, 0.3) is 11.8 Å². The van der Waals surface area contributed by atoms with E-state index in [-0.39, 0.29) is 10.6 Å². The van der Waals surface area contributed by atoms with Crippen LogP contribution in [0.3, 0.4) is 0 Å². The smallest absolute Gasteiger partial charge is 0.284 e. The summed E-state index contributed by atoms with van der Waals surface area (Å²) < 4.78 is 0. The Labute approximate surface area is 96.8 Å². The molecule has 3 amide bonds. The number of rotatable bonds is 1. The van der Waals surface area contributed by atoms with Gasteiger partial charge in [-0.25, -0.2) is 0 Å². The van der Waals surface area contributed by atoms with Crippen molar-refractivity contribution in [1.29, 1.82) is 0 Å². The van der Waals surface area contributed by atoms with Crippen LogP contribution in [0.5, 0.6) is 0 Å². The first kappa shape index (κ1) is 11.3. The summed E-state index contributed by atoms with van der Waals surface area (Å²) >= 11 is 0. The quantitative estimate of drug-likeness (QED) is 0.403. The number of imide groups is 1. The van der Waals surface area contributed by atoms with Crippen molar-refractivity contribution in [1.82, 2.24) is 10.4 Å². The molecule has 0 fully saturated rings. The number of hydrogen-bond donors (Lipinski definition) is 2. The van der Waals surface area contributed by atoms with Crippen LogP contribution in [0.1, 0.15) is 21.8 Å². The number of likely N-dealkylation sites (N-methyl/N-ethyl adjacent to an activating group) is 1. The maximum atomic E-state index is 11.7. The number of amides is 3. The van der Waals surface area contributed by atoms with Gasteiger partial charge in [-0.1, -0.05) is 18.2 Å². The van der Waals surface area contributed by atoms with E-state index in [0.717, 1.165) is 0 Å². The van der Waals surface area contributed by atoms with Gasteiger partial charge in [0.1, 0.15) is 5.92 Å². The number of carbonyl (C=O) groups excluding carboxylic acids is 3. The highest BCUT2D eigenvalue weighted by atomic mass is 16.5. The molecule has 1 aromatic rings. The van der Waals surface area contributed by atoms with E-state index in [4.69, 9.17) is 0 Å². The minimum atomic E-state index is -1.18. The number of carbonyl (C=O) groups is 3. The maximum absolute atomic E-state index is 11.7. The highest BCUT2D eigenvalue weighted by Gasteiger charge is 2.41. The van der Waals surface area contributed by atoms with Crippen molar-refractivity contribution >= 4 is 17.7 Å². The zero-order chi connectivity index (χ0) is 12.6. The molecule has 1 aromatic carbocycles. The number of hydroxylamine groups is 2. The molecule has 1 atom stereocenters. The molecule has 1 heterocycles. The Balaban J connectivity index is 2.61. The van der Waals surface area contributed by atoms with Crippen LogP contribution in [0.25, 0.3) is 0 Å². The van der Waals surface area contributed by atoms with Gasteiger partial charge in [0, 0.05) is 12.6 Å². The van der Waals surface area contributed by atoms with E-state index in [1.54, 1.807) is 12.1 Å². The normalized spacial score (nSPS) is 18.9. The van der Waals surface area contributed by atoms with Gasteiger partial charge < -0.3 is 5.32 Å². The fraction of sp³-hybridized carbons (Fsp3) is 0.182. The molecule has 2 N–H and O–H groups in total. The van der Waals surface area contributed by atoms with Gasteiger partial charge in [-0.3, -0.25) is 19.6 Å². The van der Waals surface area contributed by atoms with Crippen molar-refractivity contribution < 1.29 is 19.6 Å². The topological polar surface area (TPSA) is 86.7 Å². The van der Waals surface area contributed by atoms with Crippen molar-refractivity contribution in [2.24, 2.45) is 0 Å². The van der Waals surface area contributed by atoms with Crippen LogP contribution in [-0.4, -0.2) is 35.0 Å². The lowest BCUT2D eigenvalue weighted by Gasteiger charge is -2.27. The summed E-state index contributed by atoms with van der Waals surface area (Å²) in [4.78, 5) is 34.9. The van der Waals surface area contributed by atoms with Crippen LogP contribution in [0.2, 0.25) is 0 Å². The minimum absolute atomic E-state index is 0.0117. The van der Waals surface area contributed by atoms with Crippen LogP contribution >= 0.6 is 0 Å². The van der Waals surface area contributed by atoms with Crippen LogP contribution in [0.15, 0.2) is 24.3 Å². The first-order chi connectivity index (χ1) is 8.07. The van der Waals surface area contributed by atoms with Crippen LogP contribution in [0, 0.1) is 0 Å². The third kappa shape index (κ3) is 1.58. The molecule has 17 heavy (non-hydrogen) atoms. The van der Waals surface area contributed by atoms with Gasteiger partial charge in [-0.2, -0.15) is 5.06 Å². The molecule has 1 aliphatic rings. The molecule has 0 spiro atoms.